The van der Waals surface area contributed by atoms with Crippen LogP contribution in [-0.2, 0) is 10.1 Å². The predicted molar refractivity (Wildman–Crippen MR) is 106 cm³/mol. The van der Waals surface area contributed by atoms with E-state index in [-0.39, 0.29) is 15.7 Å². The second kappa shape index (κ2) is 6.88. The number of halogens is 2. The van der Waals surface area contributed by atoms with E-state index in [1.165, 1.54) is 30.3 Å². The molecular formula is C19H12Cl2N2O3S. The molecular weight excluding hydrogens is 407 g/mol. The lowest BCUT2D eigenvalue weighted by molar-refractivity contribution is 0.486. The van der Waals surface area contributed by atoms with E-state index < -0.39 is 10.1 Å². The third kappa shape index (κ3) is 3.51. The fourth-order valence-corrected chi connectivity index (χ4v) is 3.91. The Morgan fingerprint density at radius 3 is 2.41 bits per heavy atom. The summed E-state index contributed by atoms with van der Waals surface area (Å²) in [6, 6.07) is 18.4. The summed E-state index contributed by atoms with van der Waals surface area (Å²) in [6.45, 7) is 0. The second-order valence-electron chi connectivity index (χ2n) is 5.76. The van der Waals surface area contributed by atoms with Gasteiger partial charge in [-0.3, -0.25) is 5.10 Å². The fourth-order valence-electron chi connectivity index (χ4n) is 2.67. The minimum absolute atomic E-state index is 0.0136. The lowest BCUT2D eigenvalue weighted by Gasteiger charge is -2.08. The number of nitrogens with one attached hydrogen (secondary N) is 1. The molecule has 5 nitrogen and oxygen atoms in total. The molecule has 0 radical (unpaired) electrons. The molecule has 27 heavy (non-hydrogen) atoms. The van der Waals surface area contributed by atoms with Crippen molar-refractivity contribution in [1.82, 2.24) is 10.2 Å². The monoisotopic (exact) mass is 418 g/mol. The molecule has 0 amide bonds. The molecule has 3 aromatic carbocycles. The van der Waals surface area contributed by atoms with E-state index in [4.69, 9.17) is 27.4 Å². The van der Waals surface area contributed by atoms with Crippen LogP contribution in [-0.4, -0.2) is 18.6 Å². The summed E-state index contributed by atoms with van der Waals surface area (Å²) in [7, 11) is -4.05. The van der Waals surface area contributed by atoms with Crippen molar-refractivity contribution in [2.75, 3.05) is 0 Å². The third-order valence-corrected chi connectivity index (χ3v) is 5.95. The summed E-state index contributed by atoms with van der Waals surface area (Å²) in [5, 5.41) is 8.42. The minimum Gasteiger partial charge on any atom is -0.379 e. The smallest absolute Gasteiger partial charge is 0.339 e. The molecule has 1 aromatic heterocycles. The number of fused-ring (bicyclic) bond motifs is 1. The van der Waals surface area contributed by atoms with Crippen molar-refractivity contribution in [2.24, 2.45) is 0 Å². The van der Waals surface area contributed by atoms with Crippen molar-refractivity contribution in [3.05, 3.63) is 76.8 Å². The van der Waals surface area contributed by atoms with Gasteiger partial charge in [-0.05, 0) is 30.3 Å². The molecule has 0 aliphatic rings. The number of benzene rings is 3. The quantitative estimate of drug-likeness (QED) is 0.456. The van der Waals surface area contributed by atoms with Gasteiger partial charge in [0, 0.05) is 17.0 Å². The molecule has 0 atom stereocenters. The van der Waals surface area contributed by atoms with Gasteiger partial charge in [0.1, 0.15) is 10.6 Å². The van der Waals surface area contributed by atoms with E-state index in [1.54, 1.807) is 6.07 Å². The van der Waals surface area contributed by atoms with Crippen molar-refractivity contribution >= 4 is 44.2 Å². The molecule has 1 heterocycles. The molecule has 0 saturated heterocycles. The summed E-state index contributed by atoms with van der Waals surface area (Å²) in [5.74, 6) is 0.0833. The first kappa shape index (κ1) is 17.9. The van der Waals surface area contributed by atoms with E-state index in [9.17, 15) is 8.42 Å². The number of rotatable bonds is 4. The first-order valence-corrected chi connectivity index (χ1v) is 10.0. The van der Waals surface area contributed by atoms with Gasteiger partial charge in [-0.25, -0.2) is 0 Å². The van der Waals surface area contributed by atoms with Crippen LogP contribution in [0.5, 0.6) is 5.75 Å². The zero-order valence-corrected chi connectivity index (χ0v) is 16.0. The minimum atomic E-state index is -4.05. The number of aromatic nitrogens is 2. The SMILES string of the molecule is O=S(=O)(Oc1ccc(Cl)c(Cl)c1)c1ccc2[nH]nc(-c3ccccc3)c2c1. The maximum absolute atomic E-state index is 12.7. The van der Waals surface area contributed by atoms with Gasteiger partial charge in [-0.1, -0.05) is 53.5 Å². The molecule has 136 valence electrons. The van der Waals surface area contributed by atoms with Gasteiger partial charge in [0.15, 0.2) is 0 Å². The first-order chi connectivity index (χ1) is 12.9. The highest BCUT2D eigenvalue weighted by atomic mass is 35.5. The maximum Gasteiger partial charge on any atom is 0.339 e. The Morgan fingerprint density at radius 2 is 1.67 bits per heavy atom. The van der Waals surface area contributed by atoms with Gasteiger partial charge < -0.3 is 4.18 Å². The molecule has 1 N–H and O–H groups in total. The molecule has 0 aliphatic carbocycles. The van der Waals surface area contributed by atoms with Crippen molar-refractivity contribution < 1.29 is 12.6 Å². The van der Waals surface area contributed by atoms with Crippen LogP contribution < -0.4 is 4.18 Å². The highest BCUT2D eigenvalue weighted by Gasteiger charge is 2.19. The van der Waals surface area contributed by atoms with Gasteiger partial charge >= 0.3 is 10.1 Å². The van der Waals surface area contributed by atoms with E-state index in [2.05, 4.69) is 10.2 Å². The second-order valence-corrected chi connectivity index (χ2v) is 8.12. The van der Waals surface area contributed by atoms with Crippen LogP contribution in [0.15, 0.2) is 71.6 Å². The van der Waals surface area contributed by atoms with Gasteiger partial charge in [-0.2, -0.15) is 13.5 Å². The van der Waals surface area contributed by atoms with Gasteiger partial charge in [-0.15, -0.1) is 0 Å². The molecule has 0 fully saturated rings. The fraction of sp³-hybridized carbons (Fsp3) is 0. The molecule has 4 rings (SSSR count). The highest BCUT2D eigenvalue weighted by Crippen LogP contribution is 2.31. The van der Waals surface area contributed by atoms with E-state index in [1.807, 2.05) is 30.3 Å². The summed E-state index contributed by atoms with van der Waals surface area (Å²) in [4.78, 5) is 0.0136. The Hall–Kier alpha value is -2.54. The van der Waals surface area contributed by atoms with Crippen molar-refractivity contribution in [1.29, 1.82) is 0 Å². The number of nitrogens with zero attached hydrogens (tertiary/aromatic N) is 1. The zero-order valence-electron chi connectivity index (χ0n) is 13.7. The van der Waals surface area contributed by atoms with Crippen molar-refractivity contribution in [3.8, 4) is 17.0 Å². The number of H-pyrrole nitrogens is 1. The Kier molecular flexibility index (Phi) is 4.55. The van der Waals surface area contributed by atoms with E-state index in [0.29, 0.717) is 16.1 Å². The standard InChI is InChI=1S/C19H12Cl2N2O3S/c20-16-8-6-13(10-17(16)21)26-27(24,25)14-7-9-18-15(11-14)19(23-22-18)12-4-2-1-3-5-12/h1-11H,(H,22,23). The highest BCUT2D eigenvalue weighted by molar-refractivity contribution is 7.87. The number of hydrogen-bond acceptors (Lipinski definition) is 4. The first-order valence-electron chi connectivity index (χ1n) is 7.87. The molecule has 0 bridgehead atoms. The summed E-state index contributed by atoms with van der Waals surface area (Å²) in [6.07, 6.45) is 0. The summed E-state index contributed by atoms with van der Waals surface area (Å²) < 4.78 is 30.6. The zero-order chi connectivity index (χ0) is 19.0. The molecule has 8 heteroatoms. The van der Waals surface area contributed by atoms with Gasteiger partial charge in [0.05, 0.1) is 21.3 Å². The lowest BCUT2D eigenvalue weighted by Crippen LogP contribution is -2.09. The summed E-state index contributed by atoms with van der Waals surface area (Å²) in [5.41, 5.74) is 2.27. The number of aromatic amines is 1. The third-order valence-electron chi connectivity index (χ3n) is 3.97. The van der Waals surface area contributed by atoms with Crippen molar-refractivity contribution in [2.45, 2.75) is 4.90 Å². The number of hydrogen-bond donors (Lipinski definition) is 1. The maximum atomic E-state index is 12.7. The molecule has 0 unspecified atom stereocenters. The van der Waals surface area contributed by atoms with Crippen LogP contribution >= 0.6 is 23.2 Å². The van der Waals surface area contributed by atoms with Crippen LogP contribution in [0.2, 0.25) is 10.0 Å². The normalized spacial score (nSPS) is 11.6. The lowest BCUT2D eigenvalue weighted by atomic mass is 10.1. The van der Waals surface area contributed by atoms with Crippen LogP contribution in [0.25, 0.3) is 22.2 Å². The Morgan fingerprint density at radius 1 is 0.889 bits per heavy atom. The van der Waals surface area contributed by atoms with Crippen LogP contribution in [0, 0.1) is 0 Å². The van der Waals surface area contributed by atoms with Crippen LogP contribution in [0.1, 0.15) is 0 Å². The van der Waals surface area contributed by atoms with E-state index >= 15 is 0 Å². The molecule has 0 saturated carbocycles. The van der Waals surface area contributed by atoms with Crippen molar-refractivity contribution in [3.63, 3.8) is 0 Å². The Bertz CT molecular complexity index is 1240. The van der Waals surface area contributed by atoms with Gasteiger partial charge in [0.25, 0.3) is 0 Å². The largest absolute Gasteiger partial charge is 0.379 e. The van der Waals surface area contributed by atoms with Gasteiger partial charge in [0.2, 0.25) is 0 Å². The topological polar surface area (TPSA) is 72.1 Å². The average molecular weight is 419 g/mol. The summed E-state index contributed by atoms with van der Waals surface area (Å²) >= 11 is 11.8. The molecule has 0 spiro atoms. The molecule has 4 aromatic rings. The van der Waals surface area contributed by atoms with Crippen LogP contribution in [0.3, 0.4) is 0 Å². The van der Waals surface area contributed by atoms with Crippen LogP contribution in [0.4, 0.5) is 0 Å². The van der Waals surface area contributed by atoms with E-state index in [0.717, 1.165) is 11.1 Å². The Balaban J connectivity index is 1.75. The Labute approximate surface area is 165 Å². The predicted octanol–water partition coefficient (Wildman–Crippen LogP) is 5.30. The average Bonchev–Trinajstić information content (AvgIpc) is 3.08. The molecule has 0 aliphatic heterocycles.